The third kappa shape index (κ3) is 4.57. The van der Waals surface area contributed by atoms with Crippen LogP contribution in [-0.2, 0) is 9.59 Å². The van der Waals surface area contributed by atoms with Gasteiger partial charge < -0.3 is 15.3 Å². The van der Waals surface area contributed by atoms with E-state index in [2.05, 4.69) is 5.32 Å². The van der Waals surface area contributed by atoms with Crippen LogP contribution in [0.5, 0.6) is 0 Å². The summed E-state index contributed by atoms with van der Waals surface area (Å²) in [6.07, 6.45) is 1.34. The summed E-state index contributed by atoms with van der Waals surface area (Å²) in [6.45, 7) is 2.85. The summed E-state index contributed by atoms with van der Waals surface area (Å²) in [5.41, 5.74) is 2.19. The molecule has 2 amide bonds. The molecule has 3 rings (SSSR count). The Hall–Kier alpha value is -3.15. The van der Waals surface area contributed by atoms with Crippen molar-refractivity contribution in [1.82, 2.24) is 10.2 Å². The van der Waals surface area contributed by atoms with Crippen molar-refractivity contribution >= 4 is 17.8 Å². The summed E-state index contributed by atoms with van der Waals surface area (Å²) < 4.78 is 0. The highest BCUT2D eigenvalue weighted by molar-refractivity contribution is 5.95. The standard InChI is InChI=1S/C22H24N2O4/c1-15-9-11-17(12-10-15)21(26)24-13-5-8-18(14-24)20(25)23-19(22(27)28)16-6-3-2-4-7-16/h2-4,6-7,9-12,18-19H,5,8,13-14H2,1H3,(H,23,25)(H,27,28)/t18?,19-/m0/s1. The number of carboxylic acids is 1. The maximum absolute atomic E-state index is 12.7. The van der Waals surface area contributed by atoms with Crippen LogP contribution in [0, 0.1) is 12.8 Å². The molecule has 6 heteroatoms. The zero-order valence-electron chi connectivity index (χ0n) is 15.8. The quantitative estimate of drug-likeness (QED) is 0.835. The topological polar surface area (TPSA) is 86.7 Å². The molecular weight excluding hydrogens is 356 g/mol. The fourth-order valence-electron chi connectivity index (χ4n) is 3.45. The van der Waals surface area contributed by atoms with Gasteiger partial charge in [0, 0.05) is 18.7 Å². The summed E-state index contributed by atoms with van der Waals surface area (Å²) in [4.78, 5) is 38.8. The minimum atomic E-state index is -1.11. The number of nitrogens with one attached hydrogen (secondary N) is 1. The van der Waals surface area contributed by atoms with Gasteiger partial charge in [0.05, 0.1) is 5.92 Å². The number of piperidine rings is 1. The number of aliphatic carboxylic acids is 1. The first-order chi connectivity index (χ1) is 13.5. The number of amides is 2. The third-order valence-electron chi connectivity index (χ3n) is 5.04. The number of hydrogen-bond acceptors (Lipinski definition) is 3. The average Bonchev–Trinajstić information content (AvgIpc) is 2.72. The van der Waals surface area contributed by atoms with Crippen LogP contribution >= 0.6 is 0 Å². The van der Waals surface area contributed by atoms with E-state index in [0.717, 1.165) is 5.56 Å². The van der Waals surface area contributed by atoms with Gasteiger partial charge in [0.1, 0.15) is 0 Å². The van der Waals surface area contributed by atoms with E-state index in [0.29, 0.717) is 37.1 Å². The van der Waals surface area contributed by atoms with E-state index in [-0.39, 0.29) is 11.8 Å². The zero-order chi connectivity index (χ0) is 20.1. The number of hydrogen-bond donors (Lipinski definition) is 2. The molecule has 0 radical (unpaired) electrons. The van der Waals surface area contributed by atoms with Gasteiger partial charge in [-0.3, -0.25) is 9.59 Å². The van der Waals surface area contributed by atoms with Gasteiger partial charge in [-0.15, -0.1) is 0 Å². The number of nitrogens with zero attached hydrogens (tertiary/aromatic N) is 1. The van der Waals surface area contributed by atoms with Crippen LogP contribution < -0.4 is 5.32 Å². The zero-order valence-corrected chi connectivity index (χ0v) is 15.8. The number of rotatable bonds is 5. The summed E-state index contributed by atoms with van der Waals surface area (Å²) >= 11 is 0. The first kappa shape index (κ1) is 19.6. The molecule has 2 N–H and O–H groups in total. The van der Waals surface area contributed by atoms with Crippen molar-refractivity contribution in [3.05, 3.63) is 71.3 Å². The number of benzene rings is 2. The maximum atomic E-state index is 12.7. The smallest absolute Gasteiger partial charge is 0.330 e. The van der Waals surface area contributed by atoms with Gasteiger partial charge in [-0.1, -0.05) is 48.0 Å². The molecule has 0 spiro atoms. The molecule has 28 heavy (non-hydrogen) atoms. The van der Waals surface area contributed by atoms with E-state index in [1.165, 1.54) is 0 Å². The van der Waals surface area contributed by atoms with Gasteiger partial charge in [-0.25, -0.2) is 4.79 Å². The van der Waals surface area contributed by atoms with Crippen LogP contribution in [-0.4, -0.2) is 40.9 Å². The molecule has 1 saturated heterocycles. The predicted octanol–water partition coefficient (Wildman–Crippen LogP) is 2.79. The molecular formula is C22H24N2O4. The van der Waals surface area contributed by atoms with E-state index in [9.17, 15) is 19.5 Å². The van der Waals surface area contributed by atoms with E-state index < -0.39 is 17.9 Å². The molecule has 0 aromatic heterocycles. The minimum Gasteiger partial charge on any atom is -0.479 e. The fraction of sp³-hybridized carbons (Fsp3) is 0.318. The maximum Gasteiger partial charge on any atom is 0.330 e. The van der Waals surface area contributed by atoms with E-state index in [4.69, 9.17) is 0 Å². The first-order valence-corrected chi connectivity index (χ1v) is 9.40. The molecule has 146 valence electrons. The number of carbonyl (C=O) groups is 3. The van der Waals surface area contributed by atoms with Gasteiger partial charge in [-0.2, -0.15) is 0 Å². The molecule has 2 aromatic carbocycles. The second kappa shape index (κ2) is 8.69. The molecule has 0 bridgehead atoms. The second-order valence-electron chi connectivity index (χ2n) is 7.15. The molecule has 1 fully saturated rings. The lowest BCUT2D eigenvalue weighted by Gasteiger charge is -2.32. The Labute approximate surface area is 164 Å². The lowest BCUT2D eigenvalue weighted by atomic mass is 9.95. The lowest BCUT2D eigenvalue weighted by molar-refractivity contribution is -0.143. The van der Waals surface area contributed by atoms with Crippen LogP contribution in [0.2, 0.25) is 0 Å². The molecule has 2 aromatic rings. The minimum absolute atomic E-state index is 0.102. The van der Waals surface area contributed by atoms with Crippen molar-refractivity contribution in [1.29, 1.82) is 0 Å². The fourth-order valence-corrected chi connectivity index (χ4v) is 3.45. The lowest BCUT2D eigenvalue weighted by Crippen LogP contribution is -2.47. The van der Waals surface area contributed by atoms with Gasteiger partial charge in [0.2, 0.25) is 5.91 Å². The average molecular weight is 380 g/mol. The monoisotopic (exact) mass is 380 g/mol. The van der Waals surface area contributed by atoms with Crippen molar-refractivity contribution in [2.75, 3.05) is 13.1 Å². The van der Waals surface area contributed by atoms with Gasteiger partial charge in [-0.05, 0) is 37.5 Å². The highest BCUT2D eigenvalue weighted by atomic mass is 16.4. The Morgan fingerprint density at radius 1 is 1.07 bits per heavy atom. The Balaban J connectivity index is 1.67. The van der Waals surface area contributed by atoms with Gasteiger partial charge >= 0.3 is 5.97 Å². The molecule has 6 nitrogen and oxygen atoms in total. The van der Waals surface area contributed by atoms with Crippen LogP contribution in [0.15, 0.2) is 54.6 Å². The summed E-state index contributed by atoms with van der Waals surface area (Å²) in [6, 6.07) is 14.9. The number of carboxylic acid groups (broad SMARTS) is 1. The molecule has 1 aliphatic rings. The molecule has 2 atom stereocenters. The summed E-state index contributed by atoms with van der Waals surface area (Å²) in [5.74, 6) is -1.97. The summed E-state index contributed by atoms with van der Waals surface area (Å²) in [5, 5.41) is 12.1. The van der Waals surface area contributed by atoms with Gasteiger partial charge in [0.15, 0.2) is 6.04 Å². The van der Waals surface area contributed by atoms with Crippen molar-refractivity contribution in [2.24, 2.45) is 5.92 Å². The second-order valence-corrected chi connectivity index (χ2v) is 7.15. The van der Waals surface area contributed by atoms with Crippen LogP contribution in [0.3, 0.4) is 0 Å². The Morgan fingerprint density at radius 3 is 2.39 bits per heavy atom. The largest absolute Gasteiger partial charge is 0.479 e. The highest BCUT2D eigenvalue weighted by Gasteiger charge is 2.31. The number of carbonyl (C=O) groups excluding carboxylic acids is 2. The number of aryl methyl sites for hydroxylation is 1. The molecule has 1 unspecified atom stereocenters. The van der Waals surface area contributed by atoms with Crippen molar-refractivity contribution in [2.45, 2.75) is 25.8 Å². The highest BCUT2D eigenvalue weighted by Crippen LogP contribution is 2.21. The SMILES string of the molecule is Cc1ccc(C(=O)N2CCCC(C(=O)N[C@H](C(=O)O)c3ccccc3)C2)cc1. The molecule has 0 aliphatic carbocycles. The van der Waals surface area contributed by atoms with Crippen molar-refractivity contribution in [3.8, 4) is 0 Å². The Kier molecular flexibility index (Phi) is 6.09. The van der Waals surface area contributed by atoms with E-state index in [1.807, 2.05) is 19.1 Å². The Bertz CT molecular complexity index is 849. The van der Waals surface area contributed by atoms with Gasteiger partial charge in [0.25, 0.3) is 5.91 Å². The van der Waals surface area contributed by atoms with Crippen LogP contribution in [0.1, 0.15) is 40.4 Å². The molecule has 1 aliphatic heterocycles. The summed E-state index contributed by atoms with van der Waals surface area (Å²) in [7, 11) is 0. The van der Waals surface area contributed by atoms with Crippen molar-refractivity contribution in [3.63, 3.8) is 0 Å². The van der Waals surface area contributed by atoms with Crippen LogP contribution in [0.25, 0.3) is 0 Å². The predicted molar refractivity (Wildman–Crippen MR) is 105 cm³/mol. The third-order valence-corrected chi connectivity index (χ3v) is 5.04. The first-order valence-electron chi connectivity index (χ1n) is 9.40. The number of likely N-dealkylation sites (tertiary alicyclic amines) is 1. The van der Waals surface area contributed by atoms with E-state index in [1.54, 1.807) is 47.4 Å². The normalized spacial score (nSPS) is 17.6. The molecule has 1 heterocycles. The van der Waals surface area contributed by atoms with Crippen LogP contribution in [0.4, 0.5) is 0 Å². The van der Waals surface area contributed by atoms with E-state index >= 15 is 0 Å². The van der Waals surface area contributed by atoms with Crippen molar-refractivity contribution < 1.29 is 19.5 Å². The molecule has 0 saturated carbocycles. The Morgan fingerprint density at radius 2 is 1.75 bits per heavy atom.